The molecule has 28 heavy (non-hydrogen) atoms. The number of aromatic nitrogens is 1. The SMILES string of the molecule is Cc1nc(NCC(C)(C)NCC(=O)N2CCC[C@H]2C#N)sc1S(=O)(=O)N(C)C. The van der Waals surface area contributed by atoms with Gasteiger partial charge in [-0.05, 0) is 33.6 Å². The van der Waals surface area contributed by atoms with Crippen LogP contribution in [0.4, 0.5) is 5.13 Å². The molecule has 2 heterocycles. The van der Waals surface area contributed by atoms with Crippen LogP contribution < -0.4 is 10.6 Å². The summed E-state index contributed by atoms with van der Waals surface area (Å²) in [5.41, 5.74) is 0.0243. The Labute approximate surface area is 170 Å². The Hall–Kier alpha value is -1.74. The zero-order valence-electron chi connectivity index (χ0n) is 16.9. The molecule has 2 N–H and O–H groups in total. The summed E-state index contributed by atoms with van der Waals surface area (Å²) in [6, 6.07) is 1.84. The summed E-state index contributed by atoms with van der Waals surface area (Å²) < 4.78 is 26.0. The summed E-state index contributed by atoms with van der Waals surface area (Å²) >= 11 is 1.09. The molecule has 1 amide bonds. The predicted molar refractivity (Wildman–Crippen MR) is 109 cm³/mol. The standard InChI is InChI=1S/C17H28N6O3S2/c1-12-15(28(25,26)22(4)5)27-16(21-12)19-11-17(2,3)20-10-14(24)23-8-6-7-13(23)9-18/h13,20H,6-8,10-11H2,1-5H3,(H,19,21)/t13-/m0/s1. The van der Waals surface area contributed by atoms with Crippen LogP contribution in [0.1, 0.15) is 32.4 Å². The van der Waals surface area contributed by atoms with E-state index < -0.39 is 15.6 Å². The van der Waals surface area contributed by atoms with Gasteiger partial charge in [0.1, 0.15) is 6.04 Å². The van der Waals surface area contributed by atoms with Gasteiger partial charge in [0.15, 0.2) is 9.34 Å². The number of rotatable bonds is 8. The quantitative estimate of drug-likeness (QED) is 0.634. The normalized spacial score (nSPS) is 17.8. The van der Waals surface area contributed by atoms with Gasteiger partial charge in [-0.1, -0.05) is 11.3 Å². The molecule has 0 spiro atoms. The van der Waals surface area contributed by atoms with Gasteiger partial charge in [0.05, 0.1) is 18.3 Å². The number of nitrogens with zero attached hydrogens (tertiary/aromatic N) is 4. The van der Waals surface area contributed by atoms with E-state index in [2.05, 4.69) is 21.7 Å². The fourth-order valence-corrected chi connectivity index (χ4v) is 5.39. The van der Waals surface area contributed by atoms with E-state index in [1.165, 1.54) is 18.4 Å². The maximum absolute atomic E-state index is 12.4. The number of amides is 1. The zero-order valence-corrected chi connectivity index (χ0v) is 18.6. The lowest BCUT2D eigenvalue weighted by Crippen LogP contribution is -2.50. The Morgan fingerprint density at radius 2 is 2.14 bits per heavy atom. The first-order valence-electron chi connectivity index (χ1n) is 9.06. The molecule has 0 saturated carbocycles. The molecule has 9 nitrogen and oxygen atoms in total. The van der Waals surface area contributed by atoms with Gasteiger partial charge in [-0.2, -0.15) is 5.26 Å². The minimum absolute atomic E-state index is 0.0819. The molecule has 1 saturated heterocycles. The predicted octanol–water partition coefficient (Wildman–Crippen LogP) is 0.997. The van der Waals surface area contributed by atoms with Crippen LogP contribution in [0.5, 0.6) is 0 Å². The van der Waals surface area contributed by atoms with Crippen molar-refractivity contribution in [3.05, 3.63) is 5.69 Å². The number of thiazole rings is 1. The van der Waals surface area contributed by atoms with Crippen LogP contribution in [0.15, 0.2) is 4.21 Å². The van der Waals surface area contributed by atoms with Crippen molar-refractivity contribution >= 4 is 32.4 Å². The molecule has 0 aliphatic carbocycles. The molecule has 1 aliphatic heterocycles. The monoisotopic (exact) mass is 428 g/mol. The Kier molecular flexibility index (Phi) is 7.03. The molecule has 2 rings (SSSR count). The lowest BCUT2D eigenvalue weighted by molar-refractivity contribution is -0.130. The van der Waals surface area contributed by atoms with Gasteiger partial charge in [-0.15, -0.1) is 0 Å². The van der Waals surface area contributed by atoms with Crippen LogP contribution in [0.3, 0.4) is 0 Å². The van der Waals surface area contributed by atoms with Crippen molar-refractivity contribution in [2.75, 3.05) is 39.0 Å². The second-order valence-electron chi connectivity index (χ2n) is 7.64. The van der Waals surface area contributed by atoms with E-state index in [-0.39, 0.29) is 22.7 Å². The fraction of sp³-hybridized carbons (Fsp3) is 0.706. The molecule has 0 bridgehead atoms. The molecule has 0 radical (unpaired) electrons. The zero-order chi connectivity index (χ0) is 21.1. The molecule has 0 aromatic carbocycles. The number of sulfonamides is 1. The Balaban J connectivity index is 1.93. The van der Waals surface area contributed by atoms with E-state index in [1.54, 1.807) is 11.8 Å². The second kappa shape index (κ2) is 8.73. The van der Waals surface area contributed by atoms with Crippen LogP contribution in [0.2, 0.25) is 0 Å². The van der Waals surface area contributed by atoms with Crippen LogP contribution in [-0.4, -0.2) is 73.8 Å². The molecule has 11 heteroatoms. The number of aryl methyl sites for hydroxylation is 1. The second-order valence-corrected chi connectivity index (χ2v) is 11.0. The average Bonchev–Trinajstić information content (AvgIpc) is 3.24. The van der Waals surface area contributed by atoms with E-state index in [4.69, 9.17) is 5.26 Å². The van der Waals surface area contributed by atoms with E-state index in [9.17, 15) is 13.2 Å². The topological polar surface area (TPSA) is 118 Å². The Morgan fingerprint density at radius 1 is 1.46 bits per heavy atom. The van der Waals surface area contributed by atoms with Gasteiger partial charge >= 0.3 is 0 Å². The van der Waals surface area contributed by atoms with Gasteiger partial charge in [0.2, 0.25) is 5.91 Å². The first kappa shape index (κ1) is 22.5. The summed E-state index contributed by atoms with van der Waals surface area (Å²) in [4.78, 5) is 18.3. The van der Waals surface area contributed by atoms with E-state index >= 15 is 0 Å². The summed E-state index contributed by atoms with van der Waals surface area (Å²) in [5, 5.41) is 16.0. The van der Waals surface area contributed by atoms with Crippen molar-refractivity contribution in [2.45, 2.75) is 49.4 Å². The number of carbonyl (C=O) groups excluding carboxylic acids is 1. The molecule has 1 aromatic rings. The number of hydrogen-bond acceptors (Lipinski definition) is 8. The molecule has 0 unspecified atom stereocenters. The number of nitrogens with one attached hydrogen (secondary N) is 2. The molecule has 156 valence electrons. The number of nitriles is 1. The maximum Gasteiger partial charge on any atom is 0.254 e. The fourth-order valence-electron chi connectivity index (χ4n) is 2.84. The number of hydrogen-bond donors (Lipinski definition) is 2. The lowest BCUT2D eigenvalue weighted by atomic mass is 10.1. The molecule has 1 aromatic heterocycles. The number of carbonyl (C=O) groups is 1. The Morgan fingerprint density at radius 3 is 2.75 bits per heavy atom. The first-order chi connectivity index (χ1) is 13.0. The van der Waals surface area contributed by atoms with E-state index in [1.807, 2.05) is 13.8 Å². The molecular formula is C17H28N6O3S2. The van der Waals surface area contributed by atoms with Crippen molar-refractivity contribution in [2.24, 2.45) is 0 Å². The third-order valence-electron chi connectivity index (χ3n) is 4.59. The van der Waals surface area contributed by atoms with E-state index in [0.29, 0.717) is 23.9 Å². The van der Waals surface area contributed by atoms with Crippen molar-refractivity contribution in [3.63, 3.8) is 0 Å². The summed E-state index contributed by atoms with van der Waals surface area (Å²) in [5.74, 6) is -0.0819. The van der Waals surface area contributed by atoms with Crippen LogP contribution >= 0.6 is 11.3 Å². The summed E-state index contributed by atoms with van der Waals surface area (Å²) in [6.07, 6.45) is 1.59. The van der Waals surface area contributed by atoms with Crippen LogP contribution in [-0.2, 0) is 14.8 Å². The van der Waals surface area contributed by atoms with E-state index in [0.717, 1.165) is 24.2 Å². The molecule has 1 aliphatic rings. The van der Waals surface area contributed by atoms with Gasteiger partial charge in [0, 0.05) is 32.7 Å². The number of likely N-dealkylation sites (tertiary alicyclic amines) is 1. The average molecular weight is 429 g/mol. The highest BCUT2D eigenvalue weighted by atomic mass is 32.2. The highest BCUT2D eigenvalue weighted by Gasteiger charge is 2.30. The van der Waals surface area contributed by atoms with Crippen molar-refractivity contribution in [1.29, 1.82) is 5.26 Å². The highest BCUT2D eigenvalue weighted by molar-refractivity contribution is 7.91. The van der Waals surface area contributed by atoms with Crippen LogP contribution in [0, 0.1) is 18.3 Å². The molecule has 1 atom stereocenters. The summed E-state index contributed by atoms with van der Waals surface area (Å²) in [6.45, 7) is 6.77. The largest absolute Gasteiger partial charge is 0.360 e. The van der Waals surface area contributed by atoms with Gasteiger partial charge in [-0.25, -0.2) is 17.7 Å². The minimum atomic E-state index is -3.52. The van der Waals surface area contributed by atoms with Crippen molar-refractivity contribution in [3.8, 4) is 6.07 Å². The summed E-state index contributed by atoms with van der Waals surface area (Å²) in [7, 11) is -0.544. The van der Waals surface area contributed by atoms with Crippen molar-refractivity contribution in [1.82, 2.24) is 19.5 Å². The lowest BCUT2D eigenvalue weighted by Gasteiger charge is -2.28. The molecular weight excluding hydrogens is 400 g/mol. The smallest absolute Gasteiger partial charge is 0.254 e. The minimum Gasteiger partial charge on any atom is -0.360 e. The van der Waals surface area contributed by atoms with Gasteiger partial charge < -0.3 is 15.5 Å². The number of anilines is 1. The van der Waals surface area contributed by atoms with Crippen LogP contribution in [0.25, 0.3) is 0 Å². The maximum atomic E-state index is 12.4. The molecule has 1 fully saturated rings. The Bertz CT molecular complexity index is 857. The van der Waals surface area contributed by atoms with Gasteiger partial charge in [0.25, 0.3) is 10.0 Å². The van der Waals surface area contributed by atoms with Gasteiger partial charge in [-0.3, -0.25) is 4.79 Å². The van der Waals surface area contributed by atoms with Crippen molar-refractivity contribution < 1.29 is 13.2 Å². The first-order valence-corrected chi connectivity index (χ1v) is 11.3. The highest BCUT2D eigenvalue weighted by Crippen LogP contribution is 2.29. The third-order valence-corrected chi connectivity index (χ3v) is 8.11. The third kappa shape index (κ3) is 5.20.